The molecule has 0 radical (unpaired) electrons. The second kappa shape index (κ2) is 45.7. The van der Waals surface area contributed by atoms with Gasteiger partial charge in [0.2, 0.25) is 0 Å². The molecule has 0 spiro atoms. The smallest absolute Gasteiger partial charge is 0.462 e. The van der Waals surface area contributed by atoms with Gasteiger partial charge in [0.15, 0.2) is 6.10 Å². The van der Waals surface area contributed by atoms with Crippen molar-refractivity contribution in [2.75, 3.05) is 26.4 Å². The highest BCUT2D eigenvalue weighted by Gasteiger charge is 2.27. The molecule has 0 fully saturated rings. The van der Waals surface area contributed by atoms with E-state index in [1.165, 1.54) is 173 Å². The van der Waals surface area contributed by atoms with Crippen LogP contribution in [0.2, 0.25) is 0 Å². The molecule has 10 nitrogen and oxygen atoms in total. The van der Waals surface area contributed by atoms with Crippen LogP contribution in [-0.2, 0) is 32.7 Å². The first-order valence-electron chi connectivity index (χ1n) is 25.1. The molecule has 0 aromatic rings. The van der Waals surface area contributed by atoms with Crippen LogP contribution in [0.5, 0.6) is 0 Å². The highest BCUT2D eigenvalue weighted by atomic mass is 31.2. The number of carbonyl (C=O) groups is 2. The maximum atomic E-state index is 12.7. The van der Waals surface area contributed by atoms with Crippen molar-refractivity contribution in [2.45, 2.75) is 264 Å². The number of rotatable bonds is 48. The van der Waals surface area contributed by atoms with E-state index in [4.69, 9.17) is 23.6 Å². The quantitative estimate of drug-likeness (QED) is 0.0233. The molecule has 3 atom stereocenters. The van der Waals surface area contributed by atoms with Gasteiger partial charge in [-0.05, 0) is 32.1 Å². The van der Waals surface area contributed by atoms with E-state index >= 15 is 0 Å². The fourth-order valence-corrected chi connectivity index (χ4v) is 8.06. The van der Waals surface area contributed by atoms with Gasteiger partial charge < -0.3 is 24.6 Å². The van der Waals surface area contributed by atoms with Gasteiger partial charge in [0.1, 0.15) is 12.7 Å². The monoisotopic (exact) mass is 875 g/mol. The predicted molar refractivity (Wildman–Crippen MR) is 247 cm³/mol. The van der Waals surface area contributed by atoms with Crippen molar-refractivity contribution in [3.05, 3.63) is 12.2 Å². The first kappa shape index (κ1) is 58.7. The van der Waals surface area contributed by atoms with Crippen molar-refractivity contribution in [2.24, 2.45) is 0 Å². The predicted octanol–water partition coefficient (Wildman–Crippen LogP) is 14.0. The molecule has 0 heterocycles. The zero-order chi connectivity index (χ0) is 44.0. The number of aliphatic hydroxyl groups is 2. The standard InChI is InChI=1S/C49H95O10P/c1-3-5-7-9-11-13-15-17-19-20-21-22-23-24-25-27-29-31-33-35-37-39-41-49(53)59-47(45-58-60(54,55)57-43-46(51)42-50)44-56-48(52)40-38-36-34-32-30-28-26-18-16-14-12-10-8-6-4-2/h10,12,46-47,50-51H,3-9,11,13-45H2,1-2H3,(H,54,55)/b12-10+/t46-,47+/m0/s1. The summed E-state index contributed by atoms with van der Waals surface area (Å²) < 4.78 is 32.8. The zero-order valence-electron chi connectivity index (χ0n) is 38.9. The van der Waals surface area contributed by atoms with Gasteiger partial charge in [0.05, 0.1) is 19.8 Å². The van der Waals surface area contributed by atoms with Crippen molar-refractivity contribution in [3.8, 4) is 0 Å². The van der Waals surface area contributed by atoms with Crippen molar-refractivity contribution < 1.29 is 47.8 Å². The van der Waals surface area contributed by atoms with Crippen LogP contribution in [0, 0.1) is 0 Å². The van der Waals surface area contributed by atoms with Crippen LogP contribution in [0.25, 0.3) is 0 Å². The fraction of sp³-hybridized carbons (Fsp3) is 0.918. The Morgan fingerprint density at radius 3 is 1.25 bits per heavy atom. The van der Waals surface area contributed by atoms with Gasteiger partial charge in [-0.2, -0.15) is 0 Å². The summed E-state index contributed by atoms with van der Waals surface area (Å²) in [5.74, 6) is -0.912. The SMILES string of the molecule is CCCC/C=C/CCCCCCCCCCCC(=O)OC[C@H](COP(=O)(O)OC[C@@H](O)CO)OC(=O)CCCCCCCCCCCCCCCCCCCCCCCC. The van der Waals surface area contributed by atoms with E-state index in [0.717, 1.165) is 38.5 Å². The average molecular weight is 875 g/mol. The van der Waals surface area contributed by atoms with E-state index in [1.54, 1.807) is 0 Å². The van der Waals surface area contributed by atoms with E-state index in [1.807, 2.05) is 0 Å². The molecule has 0 saturated heterocycles. The van der Waals surface area contributed by atoms with Gasteiger partial charge in [0, 0.05) is 12.8 Å². The summed E-state index contributed by atoms with van der Waals surface area (Å²) in [4.78, 5) is 35.1. The van der Waals surface area contributed by atoms with Crippen LogP contribution in [-0.4, -0.2) is 65.7 Å². The Kier molecular flexibility index (Phi) is 44.7. The van der Waals surface area contributed by atoms with E-state index in [0.29, 0.717) is 12.8 Å². The minimum absolute atomic E-state index is 0.190. The Bertz CT molecular complexity index is 1010. The van der Waals surface area contributed by atoms with Gasteiger partial charge in [0.25, 0.3) is 0 Å². The Morgan fingerprint density at radius 1 is 0.483 bits per heavy atom. The summed E-state index contributed by atoms with van der Waals surface area (Å²) in [6.45, 7) is 2.40. The van der Waals surface area contributed by atoms with Crippen molar-refractivity contribution >= 4 is 19.8 Å². The largest absolute Gasteiger partial charge is 0.472 e. The van der Waals surface area contributed by atoms with Crippen molar-refractivity contribution in [3.63, 3.8) is 0 Å². The highest BCUT2D eigenvalue weighted by Crippen LogP contribution is 2.43. The lowest BCUT2D eigenvalue weighted by molar-refractivity contribution is -0.161. The molecule has 0 aromatic carbocycles. The van der Waals surface area contributed by atoms with Gasteiger partial charge >= 0.3 is 19.8 Å². The van der Waals surface area contributed by atoms with Crippen molar-refractivity contribution in [1.29, 1.82) is 0 Å². The first-order chi connectivity index (χ1) is 29.2. The fourth-order valence-electron chi connectivity index (χ4n) is 7.27. The number of hydrogen-bond donors (Lipinski definition) is 3. The number of unbranched alkanes of at least 4 members (excludes halogenated alkanes) is 32. The molecule has 0 bridgehead atoms. The minimum atomic E-state index is -4.62. The summed E-state index contributed by atoms with van der Waals surface area (Å²) in [7, 11) is -4.62. The number of esters is 2. The molecule has 0 amide bonds. The Balaban J connectivity index is 4.13. The number of phosphoric ester groups is 1. The van der Waals surface area contributed by atoms with Crippen LogP contribution in [0.1, 0.15) is 251 Å². The van der Waals surface area contributed by atoms with Crippen LogP contribution in [0.15, 0.2) is 12.2 Å². The summed E-state index contributed by atoms with van der Waals surface area (Å²) in [6, 6.07) is 0. The number of phosphoric acid groups is 1. The summed E-state index contributed by atoms with van der Waals surface area (Å²) in [5, 5.41) is 18.4. The van der Waals surface area contributed by atoms with Gasteiger partial charge in [-0.15, -0.1) is 0 Å². The molecule has 0 aliphatic carbocycles. The van der Waals surface area contributed by atoms with E-state index in [2.05, 4.69) is 26.0 Å². The molecular weight excluding hydrogens is 780 g/mol. The Morgan fingerprint density at radius 2 is 0.833 bits per heavy atom. The maximum Gasteiger partial charge on any atom is 0.472 e. The van der Waals surface area contributed by atoms with E-state index in [-0.39, 0.29) is 19.4 Å². The van der Waals surface area contributed by atoms with E-state index in [9.17, 15) is 24.2 Å². The molecule has 60 heavy (non-hydrogen) atoms. The lowest BCUT2D eigenvalue weighted by Crippen LogP contribution is -2.29. The molecule has 11 heteroatoms. The molecular formula is C49H95O10P. The number of aliphatic hydroxyl groups excluding tert-OH is 2. The molecule has 0 aliphatic heterocycles. The number of ether oxygens (including phenoxy) is 2. The number of hydrogen-bond acceptors (Lipinski definition) is 9. The lowest BCUT2D eigenvalue weighted by atomic mass is 10.0. The minimum Gasteiger partial charge on any atom is -0.462 e. The third-order valence-electron chi connectivity index (χ3n) is 11.2. The van der Waals surface area contributed by atoms with Crippen LogP contribution >= 0.6 is 7.82 Å². The van der Waals surface area contributed by atoms with E-state index < -0.39 is 51.8 Å². The molecule has 3 N–H and O–H groups in total. The Labute approximate surface area is 368 Å². The van der Waals surface area contributed by atoms with Gasteiger partial charge in [-0.3, -0.25) is 18.6 Å². The lowest BCUT2D eigenvalue weighted by Gasteiger charge is -2.20. The molecule has 0 aliphatic rings. The zero-order valence-corrected chi connectivity index (χ0v) is 39.8. The Hall–Kier alpha value is -1.29. The first-order valence-corrected chi connectivity index (χ1v) is 26.6. The second-order valence-corrected chi connectivity index (χ2v) is 18.7. The third kappa shape index (κ3) is 44.8. The topological polar surface area (TPSA) is 149 Å². The van der Waals surface area contributed by atoms with Crippen LogP contribution in [0.4, 0.5) is 0 Å². The average Bonchev–Trinajstić information content (AvgIpc) is 3.24. The number of carbonyl (C=O) groups excluding carboxylic acids is 2. The third-order valence-corrected chi connectivity index (χ3v) is 12.1. The molecule has 0 rings (SSSR count). The summed E-state index contributed by atoms with van der Waals surface area (Å²) in [6.07, 6.45) is 46.1. The molecule has 356 valence electrons. The summed E-state index contributed by atoms with van der Waals surface area (Å²) >= 11 is 0. The van der Waals surface area contributed by atoms with Gasteiger partial charge in [-0.1, -0.05) is 219 Å². The number of allylic oxidation sites excluding steroid dienone is 2. The van der Waals surface area contributed by atoms with Crippen molar-refractivity contribution in [1.82, 2.24) is 0 Å². The highest BCUT2D eigenvalue weighted by molar-refractivity contribution is 7.47. The van der Waals surface area contributed by atoms with Crippen LogP contribution < -0.4 is 0 Å². The molecule has 0 saturated carbocycles. The molecule has 1 unspecified atom stereocenters. The normalized spacial score (nSPS) is 13.8. The maximum absolute atomic E-state index is 12.7. The van der Waals surface area contributed by atoms with Gasteiger partial charge in [-0.25, -0.2) is 4.57 Å². The molecule has 0 aromatic heterocycles. The van der Waals surface area contributed by atoms with Crippen LogP contribution in [0.3, 0.4) is 0 Å². The summed E-state index contributed by atoms with van der Waals surface area (Å²) in [5.41, 5.74) is 0. The second-order valence-electron chi connectivity index (χ2n) is 17.2.